The number of pyridine rings is 1. The second-order valence-electron chi connectivity index (χ2n) is 7.00. The Hall–Kier alpha value is -3.73. The molecule has 1 saturated heterocycles. The first kappa shape index (κ1) is 18.3. The van der Waals surface area contributed by atoms with Crippen molar-refractivity contribution >= 4 is 5.82 Å². The summed E-state index contributed by atoms with van der Waals surface area (Å²) in [6, 6.07) is 5.85. The first-order chi connectivity index (χ1) is 14.6. The molecule has 4 aromatic rings. The predicted octanol–water partition coefficient (Wildman–Crippen LogP) is 1.98. The van der Waals surface area contributed by atoms with E-state index in [1.54, 1.807) is 18.5 Å². The van der Waals surface area contributed by atoms with E-state index in [0.29, 0.717) is 11.6 Å². The SMILES string of the molecule is Nc1ncc(-c2cnn(C3CCNC3)c2)cc1-c1nnnn1-c1cccc(F)c1F. The summed E-state index contributed by atoms with van der Waals surface area (Å²) in [5.74, 6) is -1.74. The molecule has 152 valence electrons. The molecule has 1 fully saturated rings. The molecule has 0 radical (unpaired) electrons. The molecule has 0 bridgehead atoms. The summed E-state index contributed by atoms with van der Waals surface area (Å²) in [6.07, 6.45) is 6.35. The maximum atomic E-state index is 14.3. The van der Waals surface area contributed by atoms with E-state index in [2.05, 4.69) is 30.9 Å². The van der Waals surface area contributed by atoms with E-state index in [9.17, 15) is 8.78 Å². The van der Waals surface area contributed by atoms with Gasteiger partial charge in [0.2, 0.25) is 0 Å². The summed E-state index contributed by atoms with van der Waals surface area (Å²) in [7, 11) is 0. The zero-order valence-corrected chi connectivity index (χ0v) is 15.7. The second kappa shape index (κ2) is 7.26. The zero-order valence-electron chi connectivity index (χ0n) is 15.7. The standard InChI is InChI=1S/C19H17F2N9/c20-15-2-1-3-16(17(15)21)30-19(26-27-28-30)14-6-11(7-24-18(14)22)12-8-25-29(10-12)13-4-5-23-9-13/h1-3,6-8,10,13,23H,4-5,9H2,(H2,22,24). The van der Waals surface area contributed by atoms with Gasteiger partial charge in [0.1, 0.15) is 11.5 Å². The van der Waals surface area contributed by atoms with Crippen LogP contribution in [0.3, 0.4) is 0 Å². The highest BCUT2D eigenvalue weighted by atomic mass is 19.2. The minimum atomic E-state index is -1.06. The quantitative estimate of drug-likeness (QED) is 0.530. The van der Waals surface area contributed by atoms with Crippen LogP contribution in [0.15, 0.2) is 42.9 Å². The van der Waals surface area contributed by atoms with E-state index in [0.717, 1.165) is 41.4 Å². The number of aromatic nitrogens is 7. The van der Waals surface area contributed by atoms with Gasteiger partial charge in [-0.3, -0.25) is 4.68 Å². The van der Waals surface area contributed by atoms with E-state index in [-0.39, 0.29) is 17.3 Å². The van der Waals surface area contributed by atoms with Crippen LogP contribution in [0.1, 0.15) is 12.5 Å². The van der Waals surface area contributed by atoms with Crippen LogP contribution in [0.2, 0.25) is 0 Å². The van der Waals surface area contributed by atoms with Crippen molar-refractivity contribution in [2.45, 2.75) is 12.5 Å². The number of halogens is 2. The largest absolute Gasteiger partial charge is 0.383 e. The van der Waals surface area contributed by atoms with Gasteiger partial charge >= 0.3 is 0 Å². The summed E-state index contributed by atoms with van der Waals surface area (Å²) < 4.78 is 31.0. The third kappa shape index (κ3) is 3.08. The first-order valence-corrected chi connectivity index (χ1v) is 9.35. The number of tetrazole rings is 1. The summed E-state index contributed by atoms with van der Waals surface area (Å²) >= 11 is 0. The van der Waals surface area contributed by atoms with Crippen LogP contribution in [-0.4, -0.2) is 48.1 Å². The van der Waals surface area contributed by atoms with Crippen LogP contribution in [0, 0.1) is 11.6 Å². The average Bonchev–Trinajstić information content (AvgIpc) is 3.51. The van der Waals surface area contributed by atoms with Gasteiger partial charge in [0.15, 0.2) is 17.5 Å². The fourth-order valence-corrected chi connectivity index (χ4v) is 3.54. The molecule has 1 atom stereocenters. The third-order valence-corrected chi connectivity index (χ3v) is 5.13. The maximum Gasteiger partial charge on any atom is 0.190 e. The van der Waals surface area contributed by atoms with Gasteiger partial charge in [-0.05, 0) is 41.6 Å². The summed E-state index contributed by atoms with van der Waals surface area (Å²) in [4.78, 5) is 4.24. The van der Waals surface area contributed by atoms with Crippen molar-refractivity contribution in [2.75, 3.05) is 18.8 Å². The monoisotopic (exact) mass is 409 g/mol. The first-order valence-electron chi connectivity index (χ1n) is 9.35. The Bertz CT molecular complexity index is 1210. The van der Waals surface area contributed by atoms with Crippen molar-refractivity contribution in [2.24, 2.45) is 0 Å². The van der Waals surface area contributed by atoms with Gasteiger partial charge in [-0.1, -0.05) is 6.07 Å². The van der Waals surface area contributed by atoms with E-state index >= 15 is 0 Å². The lowest BCUT2D eigenvalue weighted by Crippen LogP contribution is -2.13. The summed E-state index contributed by atoms with van der Waals surface area (Å²) in [5.41, 5.74) is 7.95. The smallest absolute Gasteiger partial charge is 0.190 e. The Morgan fingerprint density at radius 1 is 1.17 bits per heavy atom. The van der Waals surface area contributed by atoms with E-state index < -0.39 is 11.6 Å². The van der Waals surface area contributed by atoms with Gasteiger partial charge in [0.25, 0.3) is 0 Å². The van der Waals surface area contributed by atoms with Crippen LogP contribution in [0.5, 0.6) is 0 Å². The third-order valence-electron chi connectivity index (χ3n) is 5.13. The highest BCUT2D eigenvalue weighted by Gasteiger charge is 2.21. The molecule has 4 heterocycles. The highest BCUT2D eigenvalue weighted by Crippen LogP contribution is 2.30. The van der Waals surface area contributed by atoms with Crippen LogP contribution < -0.4 is 11.1 Å². The van der Waals surface area contributed by atoms with Crippen LogP contribution in [0.4, 0.5) is 14.6 Å². The molecule has 1 aromatic carbocycles. The molecule has 0 spiro atoms. The second-order valence-corrected chi connectivity index (χ2v) is 7.00. The Kier molecular flexibility index (Phi) is 4.43. The molecular weight excluding hydrogens is 392 g/mol. The number of nitrogens with one attached hydrogen (secondary N) is 1. The number of nitrogens with zero attached hydrogens (tertiary/aromatic N) is 7. The number of nitrogens with two attached hydrogens (primary N) is 1. The Morgan fingerprint density at radius 3 is 2.90 bits per heavy atom. The van der Waals surface area contributed by atoms with Gasteiger partial charge < -0.3 is 11.1 Å². The number of benzene rings is 1. The Morgan fingerprint density at radius 2 is 2.07 bits per heavy atom. The maximum absolute atomic E-state index is 14.3. The number of hydrogen-bond donors (Lipinski definition) is 2. The molecule has 0 aliphatic carbocycles. The molecular formula is C19H17F2N9. The van der Waals surface area contributed by atoms with Crippen molar-refractivity contribution in [1.82, 2.24) is 40.3 Å². The number of anilines is 1. The summed E-state index contributed by atoms with van der Waals surface area (Å²) in [6.45, 7) is 1.84. The number of nitrogen functional groups attached to an aromatic ring is 1. The molecule has 1 aliphatic rings. The lowest BCUT2D eigenvalue weighted by atomic mass is 10.1. The molecule has 3 N–H and O–H groups in total. The molecule has 1 aliphatic heterocycles. The van der Waals surface area contributed by atoms with Crippen molar-refractivity contribution < 1.29 is 8.78 Å². The van der Waals surface area contributed by atoms with Crippen LogP contribution >= 0.6 is 0 Å². The Labute approximate surface area is 169 Å². The molecule has 1 unspecified atom stereocenters. The fraction of sp³-hybridized carbons (Fsp3) is 0.211. The molecule has 30 heavy (non-hydrogen) atoms. The highest BCUT2D eigenvalue weighted by molar-refractivity contribution is 5.76. The molecule has 9 nitrogen and oxygen atoms in total. The van der Waals surface area contributed by atoms with Crippen molar-refractivity contribution in [1.29, 1.82) is 0 Å². The number of rotatable bonds is 4. The lowest BCUT2D eigenvalue weighted by Gasteiger charge is -2.09. The van der Waals surface area contributed by atoms with Gasteiger partial charge in [0, 0.05) is 30.1 Å². The van der Waals surface area contributed by atoms with Crippen molar-refractivity contribution in [3.05, 3.63) is 54.5 Å². The number of hydrogen-bond acceptors (Lipinski definition) is 7. The topological polar surface area (TPSA) is 112 Å². The fourth-order valence-electron chi connectivity index (χ4n) is 3.54. The van der Waals surface area contributed by atoms with Gasteiger partial charge in [0.05, 0.1) is 17.8 Å². The van der Waals surface area contributed by atoms with E-state index in [1.165, 1.54) is 12.1 Å². The van der Waals surface area contributed by atoms with Gasteiger partial charge in [-0.15, -0.1) is 5.10 Å². The van der Waals surface area contributed by atoms with Gasteiger partial charge in [-0.25, -0.2) is 13.8 Å². The minimum absolute atomic E-state index is 0.124. The lowest BCUT2D eigenvalue weighted by molar-refractivity contribution is 0.491. The molecule has 0 saturated carbocycles. The van der Waals surface area contributed by atoms with Crippen molar-refractivity contribution in [3.63, 3.8) is 0 Å². The summed E-state index contributed by atoms with van der Waals surface area (Å²) in [5, 5.41) is 19.2. The molecule has 0 amide bonds. The average molecular weight is 409 g/mol. The van der Waals surface area contributed by atoms with Crippen molar-refractivity contribution in [3.8, 4) is 28.2 Å². The Balaban J connectivity index is 1.56. The molecule has 3 aromatic heterocycles. The van der Waals surface area contributed by atoms with E-state index in [1.807, 2.05) is 10.9 Å². The van der Waals surface area contributed by atoms with Crippen LogP contribution in [0.25, 0.3) is 28.2 Å². The molecule has 11 heteroatoms. The zero-order chi connectivity index (χ0) is 20.7. The normalized spacial score (nSPS) is 16.3. The van der Waals surface area contributed by atoms with E-state index in [4.69, 9.17) is 5.73 Å². The predicted molar refractivity (Wildman–Crippen MR) is 104 cm³/mol. The minimum Gasteiger partial charge on any atom is -0.383 e. The molecule has 5 rings (SSSR count). The van der Waals surface area contributed by atoms with Gasteiger partial charge in [-0.2, -0.15) is 9.78 Å². The van der Waals surface area contributed by atoms with Crippen LogP contribution in [-0.2, 0) is 0 Å².